The first-order valence-electron chi connectivity index (χ1n) is 10.1. The summed E-state index contributed by atoms with van der Waals surface area (Å²) in [7, 11) is 5.06. The summed E-state index contributed by atoms with van der Waals surface area (Å²) < 4.78 is 12.5. The summed E-state index contributed by atoms with van der Waals surface area (Å²) in [6.45, 7) is 0. The topological polar surface area (TPSA) is 78.3 Å². The first kappa shape index (κ1) is 21.7. The predicted octanol–water partition coefficient (Wildman–Crippen LogP) is 4.31. The third-order valence-corrected chi connectivity index (χ3v) is 6.19. The highest BCUT2D eigenvalue weighted by Gasteiger charge is 2.14. The van der Waals surface area contributed by atoms with Gasteiger partial charge in [-0.3, -0.25) is 4.79 Å². The Bertz CT molecular complexity index is 1250. The highest BCUT2D eigenvalue weighted by Crippen LogP contribution is 2.29. The third-order valence-electron chi connectivity index (χ3n) is 5.17. The lowest BCUT2D eigenvalue weighted by Crippen LogP contribution is -2.15. The minimum Gasteiger partial charge on any atom is -0.497 e. The molecule has 0 aliphatic heterocycles. The fourth-order valence-electron chi connectivity index (χ4n) is 3.47. The number of nitrogens with zero attached hydrogens (tertiary/aromatic N) is 3. The normalized spacial score (nSPS) is 10.8. The first-order valence-corrected chi connectivity index (χ1v) is 11.1. The average Bonchev–Trinajstić information content (AvgIpc) is 3.17. The van der Waals surface area contributed by atoms with E-state index in [-0.39, 0.29) is 11.7 Å². The van der Waals surface area contributed by atoms with Crippen LogP contribution in [0.5, 0.6) is 11.5 Å². The molecule has 0 fully saturated rings. The summed E-state index contributed by atoms with van der Waals surface area (Å²) in [5, 5.41) is 14.6. The summed E-state index contributed by atoms with van der Waals surface area (Å²) in [5.41, 5.74) is 1.75. The molecule has 1 aromatic heterocycles. The van der Waals surface area contributed by atoms with E-state index in [1.165, 1.54) is 28.1 Å². The molecule has 3 aromatic carbocycles. The number of rotatable bonds is 8. The number of fused-ring (bicyclic) bond motifs is 1. The van der Waals surface area contributed by atoms with Gasteiger partial charge in [-0.15, -0.1) is 10.2 Å². The molecule has 0 atom stereocenters. The summed E-state index contributed by atoms with van der Waals surface area (Å²) in [4.78, 5) is 12.5. The SMILES string of the molecule is COc1ccc(OC)c(NC(=O)CSc2nnc(Cc3cccc4ccccc34)n2C)c1. The van der Waals surface area contributed by atoms with E-state index in [2.05, 4.69) is 45.8 Å². The van der Waals surface area contributed by atoms with Crippen molar-refractivity contribution in [2.75, 3.05) is 25.3 Å². The second kappa shape index (κ2) is 9.74. The number of thioether (sulfide) groups is 1. The Kier molecular flexibility index (Phi) is 6.61. The van der Waals surface area contributed by atoms with E-state index in [1.54, 1.807) is 32.4 Å². The Labute approximate surface area is 190 Å². The van der Waals surface area contributed by atoms with Gasteiger partial charge in [0.1, 0.15) is 17.3 Å². The molecule has 0 spiro atoms. The van der Waals surface area contributed by atoms with Crippen LogP contribution in [0.4, 0.5) is 5.69 Å². The zero-order valence-corrected chi connectivity index (χ0v) is 19.0. The molecule has 8 heteroatoms. The number of anilines is 1. The molecule has 32 heavy (non-hydrogen) atoms. The monoisotopic (exact) mass is 448 g/mol. The molecule has 0 aliphatic rings. The largest absolute Gasteiger partial charge is 0.497 e. The van der Waals surface area contributed by atoms with Gasteiger partial charge >= 0.3 is 0 Å². The second-order valence-electron chi connectivity index (χ2n) is 7.18. The van der Waals surface area contributed by atoms with Gasteiger partial charge in [0.25, 0.3) is 0 Å². The van der Waals surface area contributed by atoms with Crippen molar-refractivity contribution >= 4 is 34.1 Å². The number of methoxy groups -OCH3 is 2. The Morgan fingerprint density at radius 1 is 1.03 bits per heavy atom. The van der Waals surface area contributed by atoms with Crippen molar-refractivity contribution in [1.29, 1.82) is 0 Å². The van der Waals surface area contributed by atoms with E-state index in [0.717, 1.165) is 5.82 Å². The fourth-order valence-corrected chi connectivity index (χ4v) is 4.20. The van der Waals surface area contributed by atoms with E-state index in [9.17, 15) is 4.79 Å². The molecule has 1 heterocycles. The molecule has 0 bridgehead atoms. The van der Waals surface area contributed by atoms with Gasteiger partial charge in [-0.05, 0) is 28.5 Å². The average molecular weight is 449 g/mol. The standard InChI is InChI=1S/C24H24N4O3S/c1-28-22(13-17-9-6-8-16-7-4-5-10-19(16)17)26-27-24(28)32-15-23(29)25-20-14-18(30-2)11-12-21(20)31-3/h4-12,14H,13,15H2,1-3H3,(H,25,29). The third kappa shape index (κ3) is 4.70. The van der Waals surface area contributed by atoms with E-state index in [1.807, 2.05) is 23.7 Å². The van der Waals surface area contributed by atoms with Crippen molar-refractivity contribution in [3.8, 4) is 11.5 Å². The molecule has 7 nitrogen and oxygen atoms in total. The molecule has 0 saturated carbocycles. The highest BCUT2D eigenvalue weighted by atomic mass is 32.2. The zero-order chi connectivity index (χ0) is 22.5. The van der Waals surface area contributed by atoms with Gasteiger partial charge in [-0.2, -0.15) is 0 Å². The van der Waals surface area contributed by atoms with Gasteiger partial charge in [0.05, 0.1) is 25.7 Å². The quantitative estimate of drug-likeness (QED) is 0.405. The molecule has 4 aromatic rings. The maximum atomic E-state index is 12.5. The van der Waals surface area contributed by atoms with Crippen LogP contribution in [0.15, 0.2) is 65.8 Å². The molecule has 0 aliphatic carbocycles. The second-order valence-corrected chi connectivity index (χ2v) is 8.12. The van der Waals surface area contributed by atoms with Crippen LogP contribution < -0.4 is 14.8 Å². The lowest BCUT2D eigenvalue weighted by molar-refractivity contribution is -0.113. The minimum atomic E-state index is -0.167. The zero-order valence-electron chi connectivity index (χ0n) is 18.2. The summed E-state index contributed by atoms with van der Waals surface area (Å²) >= 11 is 1.34. The van der Waals surface area contributed by atoms with Crippen LogP contribution in [-0.4, -0.2) is 40.6 Å². The van der Waals surface area contributed by atoms with Gasteiger partial charge in [-0.1, -0.05) is 54.2 Å². The molecule has 1 N–H and O–H groups in total. The number of benzene rings is 3. The van der Waals surface area contributed by atoms with E-state index in [4.69, 9.17) is 9.47 Å². The smallest absolute Gasteiger partial charge is 0.234 e. The number of aromatic nitrogens is 3. The number of amides is 1. The van der Waals surface area contributed by atoms with Crippen molar-refractivity contribution in [2.45, 2.75) is 11.6 Å². The number of ether oxygens (including phenoxy) is 2. The van der Waals surface area contributed by atoms with Crippen molar-refractivity contribution in [3.05, 3.63) is 72.1 Å². The van der Waals surface area contributed by atoms with E-state index >= 15 is 0 Å². The van der Waals surface area contributed by atoms with Gasteiger partial charge in [0.2, 0.25) is 5.91 Å². The summed E-state index contributed by atoms with van der Waals surface area (Å²) in [6.07, 6.45) is 0.665. The van der Waals surface area contributed by atoms with Gasteiger partial charge < -0.3 is 19.4 Å². The van der Waals surface area contributed by atoms with Crippen molar-refractivity contribution in [2.24, 2.45) is 7.05 Å². The molecule has 0 unspecified atom stereocenters. The van der Waals surface area contributed by atoms with Gasteiger partial charge in [-0.25, -0.2) is 0 Å². The van der Waals surface area contributed by atoms with Crippen LogP contribution in [0.25, 0.3) is 10.8 Å². The van der Waals surface area contributed by atoms with Crippen molar-refractivity contribution in [1.82, 2.24) is 14.8 Å². The summed E-state index contributed by atoms with van der Waals surface area (Å²) in [6, 6.07) is 19.8. The van der Waals surface area contributed by atoms with Crippen LogP contribution in [0, 0.1) is 0 Å². The minimum absolute atomic E-state index is 0.167. The maximum Gasteiger partial charge on any atom is 0.234 e. The van der Waals surface area contributed by atoms with Crippen LogP contribution >= 0.6 is 11.8 Å². The highest BCUT2D eigenvalue weighted by molar-refractivity contribution is 7.99. The first-order chi connectivity index (χ1) is 15.6. The molecule has 1 amide bonds. The van der Waals surface area contributed by atoms with Crippen LogP contribution in [0.2, 0.25) is 0 Å². The Morgan fingerprint density at radius 3 is 2.66 bits per heavy atom. The van der Waals surface area contributed by atoms with Crippen LogP contribution in [0.3, 0.4) is 0 Å². The number of carbonyl (C=O) groups is 1. The number of hydrogen-bond acceptors (Lipinski definition) is 6. The van der Waals surface area contributed by atoms with Crippen LogP contribution in [0.1, 0.15) is 11.4 Å². The molecule has 0 saturated heterocycles. The van der Waals surface area contributed by atoms with Crippen molar-refractivity contribution in [3.63, 3.8) is 0 Å². The number of nitrogens with one attached hydrogen (secondary N) is 1. The van der Waals surface area contributed by atoms with E-state index in [0.29, 0.717) is 28.8 Å². The van der Waals surface area contributed by atoms with Gasteiger partial charge in [0.15, 0.2) is 5.16 Å². The molecule has 164 valence electrons. The number of hydrogen-bond donors (Lipinski definition) is 1. The lowest BCUT2D eigenvalue weighted by atomic mass is 10.0. The summed E-state index contributed by atoms with van der Waals surface area (Å²) in [5.74, 6) is 2.08. The Morgan fingerprint density at radius 2 is 1.84 bits per heavy atom. The Balaban J connectivity index is 1.43. The molecule has 4 rings (SSSR count). The van der Waals surface area contributed by atoms with Crippen molar-refractivity contribution < 1.29 is 14.3 Å². The number of carbonyl (C=O) groups excluding carboxylic acids is 1. The molecular weight excluding hydrogens is 424 g/mol. The maximum absolute atomic E-state index is 12.5. The predicted molar refractivity (Wildman–Crippen MR) is 127 cm³/mol. The molecule has 0 radical (unpaired) electrons. The van der Waals surface area contributed by atoms with Gasteiger partial charge in [0, 0.05) is 19.5 Å². The fraction of sp³-hybridized carbons (Fsp3) is 0.208. The Hall–Kier alpha value is -3.52. The molecular formula is C24H24N4O3S. The van der Waals surface area contributed by atoms with E-state index < -0.39 is 0 Å². The van der Waals surface area contributed by atoms with Crippen LogP contribution in [-0.2, 0) is 18.3 Å². The lowest BCUT2D eigenvalue weighted by Gasteiger charge is -2.11.